The van der Waals surface area contributed by atoms with Gasteiger partial charge in [0.25, 0.3) is 0 Å². The van der Waals surface area contributed by atoms with Crippen LogP contribution in [0.25, 0.3) is 27.6 Å². The summed E-state index contributed by atoms with van der Waals surface area (Å²) in [4.78, 5) is 12.0. The Morgan fingerprint density at radius 2 is 1.80 bits per heavy atom. The first-order chi connectivity index (χ1) is 14.3. The number of aromatic nitrogens is 3. The molecule has 1 N–H and O–H groups in total. The van der Waals surface area contributed by atoms with Crippen molar-refractivity contribution in [2.75, 3.05) is 7.11 Å². The average molecular weight is 428 g/mol. The van der Waals surface area contributed by atoms with E-state index in [0.29, 0.717) is 16.6 Å². The lowest BCUT2D eigenvalue weighted by atomic mass is 10.1. The van der Waals surface area contributed by atoms with E-state index in [0.717, 1.165) is 11.1 Å². The lowest BCUT2D eigenvalue weighted by Gasteiger charge is -2.19. The number of hydrogen-bond donors (Lipinski definition) is 1. The van der Waals surface area contributed by atoms with Gasteiger partial charge in [0.2, 0.25) is 10.0 Å². The zero-order valence-electron chi connectivity index (χ0n) is 16.6. The van der Waals surface area contributed by atoms with E-state index in [9.17, 15) is 13.2 Å². The minimum absolute atomic E-state index is 0.0372. The van der Waals surface area contributed by atoms with Crippen LogP contribution in [-0.2, 0) is 19.6 Å². The van der Waals surface area contributed by atoms with Gasteiger partial charge in [0.1, 0.15) is 29.9 Å². The molecule has 0 unspecified atom stereocenters. The van der Waals surface area contributed by atoms with E-state index in [1.54, 1.807) is 37.1 Å². The summed E-state index contributed by atoms with van der Waals surface area (Å²) in [6.45, 7) is 3.48. The number of ether oxygens (including phenoxy) is 1. The zero-order chi connectivity index (χ0) is 21.5. The van der Waals surface area contributed by atoms with E-state index >= 15 is 0 Å². The van der Waals surface area contributed by atoms with Crippen molar-refractivity contribution < 1.29 is 22.4 Å². The molecule has 9 nitrogen and oxygen atoms in total. The number of hydrogen-bond acceptors (Lipinski definition) is 7. The molecule has 2 aromatic heterocycles. The largest absolute Gasteiger partial charge is 0.468 e. The smallest absolute Gasteiger partial charge is 0.324 e. The van der Waals surface area contributed by atoms with Crippen molar-refractivity contribution in [1.82, 2.24) is 19.5 Å². The molecule has 0 fully saturated rings. The molecule has 0 aliphatic rings. The number of rotatable bonds is 6. The van der Waals surface area contributed by atoms with Crippen LogP contribution >= 0.6 is 0 Å². The molecule has 2 heterocycles. The average Bonchev–Trinajstić information content (AvgIpc) is 3.38. The van der Waals surface area contributed by atoms with Crippen LogP contribution in [0.2, 0.25) is 0 Å². The van der Waals surface area contributed by atoms with E-state index in [-0.39, 0.29) is 10.8 Å². The number of nitrogens with one attached hydrogen (secondary N) is 1. The van der Waals surface area contributed by atoms with Crippen LogP contribution in [0.4, 0.5) is 0 Å². The fourth-order valence-electron chi connectivity index (χ4n) is 3.23. The molecule has 1 atom stereocenters. The summed E-state index contributed by atoms with van der Waals surface area (Å²) in [5.74, 6) is -0.910. The molecule has 0 amide bonds. The Labute approximate surface area is 172 Å². The number of nitrogens with zero attached hydrogens (tertiary/aromatic N) is 3. The van der Waals surface area contributed by atoms with Crippen molar-refractivity contribution in [2.24, 2.45) is 5.92 Å². The zero-order valence-corrected chi connectivity index (χ0v) is 17.4. The van der Waals surface area contributed by atoms with Crippen molar-refractivity contribution in [1.29, 1.82) is 0 Å². The van der Waals surface area contributed by atoms with Crippen molar-refractivity contribution in [3.63, 3.8) is 0 Å². The summed E-state index contributed by atoms with van der Waals surface area (Å²) < 4.78 is 40.6. The van der Waals surface area contributed by atoms with Gasteiger partial charge >= 0.3 is 5.97 Å². The van der Waals surface area contributed by atoms with E-state index in [2.05, 4.69) is 14.9 Å². The summed E-state index contributed by atoms with van der Waals surface area (Å²) in [5, 5.41) is 9.01. The molecular formula is C20H20N4O5S. The van der Waals surface area contributed by atoms with Crippen LogP contribution in [0.5, 0.6) is 0 Å². The fourth-order valence-corrected chi connectivity index (χ4v) is 4.58. The second kappa shape index (κ2) is 7.54. The molecule has 0 aliphatic heterocycles. The number of furan rings is 1. The number of methoxy groups -OCH3 is 1. The lowest BCUT2D eigenvalue weighted by Crippen LogP contribution is -2.44. The lowest BCUT2D eigenvalue weighted by molar-refractivity contribution is -0.143. The molecular weight excluding hydrogens is 408 g/mol. The molecule has 0 radical (unpaired) electrons. The first-order valence-electron chi connectivity index (χ1n) is 9.21. The Balaban J connectivity index is 1.75. The maximum absolute atomic E-state index is 12.9. The summed E-state index contributed by atoms with van der Waals surface area (Å²) in [7, 11) is -2.73. The normalized spacial score (nSPS) is 13.2. The van der Waals surface area contributed by atoms with Crippen LogP contribution in [0.1, 0.15) is 13.8 Å². The van der Waals surface area contributed by atoms with Crippen LogP contribution in [0.15, 0.2) is 58.4 Å². The van der Waals surface area contributed by atoms with Crippen molar-refractivity contribution in [2.45, 2.75) is 24.8 Å². The Hall–Kier alpha value is -3.24. The van der Waals surface area contributed by atoms with Gasteiger partial charge < -0.3 is 9.15 Å². The van der Waals surface area contributed by atoms with Gasteiger partial charge in [-0.05, 0) is 36.2 Å². The predicted molar refractivity (Wildman–Crippen MR) is 110 cm³/mol. The van der Waals surface area contributed by atoms with Gasteiger partial charge in [-0.2, -0.15) is 4.72 Å². The van der Waals surface area contributed by atoms with Crippen molar-refractivity contribution >= 4 is 37.9 Å². The first-order valence-corrected chi connectivity index (χ1v) is 10.7. The molecule has 0 saturated heterocycles. The Kier molecular flexibility index (Phi) is 5.04. The van der Waals surface area contributed by atoms with Crippen LogP contribution in [-0.4, -0.2) is 42.3 Å². The molecule has 30 heavy (non-hydrogen) atoms. The monoisotopic (exact) mass is 428 g/mol. The number of carbonyl (C=O) groups is 1. The van der Waals surface area contributed by atoms with Gasteiger partial charge in [0.15, 0.2) is 0 Å². The minimum Gasteiger partial charge on any atom is -0.468 e. The molecule has 0 saturated carbocycles. The number of sulfonamides is 1. The molecule has 0 aliphatic carbocycles. The van der Waals surface area contributed by atoms with Gasteiger partial charge in [-0.15, -0.1) is 10.2 Å². The highest BCUT2D eigenvalue weighted by Crippen LogP contribution is 2.32. The van der Waals surface area contributed by atoms with Gasteiger partial charge in [-0.25, -0.2) is 8.42 Å². The predicted octanol–water partition coefficient (Wildman–Crippen LogP) is 2.64. The third kappa shape index (κ3) is 3.55. The van der Waals surface area contributed by atoms with Gasteiger partial charge in [-0.1, -0.05) is 13.8 Å². The molecule has 0 bridgehead atoms. The maximum Gasteiger partial charge on any atom is 0.324 e. The molecule has 4 rings (SSSR count). The molecule has 10 heteroatoms. The van der Waals surface area contributed by atoms with Crippen LogP contribution in [0.3, 0.4) is 0 Å². The number of carbonyl (C=O) groups excluding carboxylic acids is 1. The standard InChI is InChI=1S/C20H20N4O5S/c1-12(2)19(20(25)28-3)23-30(26,27)14-5-7-17-16(9-14)15-6-4-13(8-18(15)29-17)24-10-21-22-11-24/h4-12,19,23H,1-3H3/t19-/m1/s1. The third-order valence-electron chi connectivity index (χ3n) is 4.86. The summed E-state index contributed by atoms with van der Waals surface area (Å²) in [6, 6.07) is 9.15. The number of fused-ring (bicyclic) bond motifs is 3. The molecule has 4 aromatic rings. The SMILES string of the molecule is COC(=O)[C@H](NS(=O)(=O)c1ccc2oc3cc(-n4cnnc4)ccc3c2c1)C(C)C. The Morgan fingerprint density at radius 3 is 2.47 bits per heavy atom. The quantitative estimate of drug-likeness (QED) is 0.469. The maximum atomic E-state index is 12.9. The third-order valence-corrected chi connectivity index (χ3v) is 6.30. The highest BCUT2D eigenvalue weighted by molar-refractivity contribution is 7.89. The second-order valence-corrected chi connectivity index (χ2v) is 8.89. The first kappa shape index (κ1) is 20.0. The van der Waals surface area contributed by atoms with E-state index < -0.39 is 22.0 Å². The fraction of sp³-hybridized carbons (Fsp3) is 0.250. The van der Waals surface area contributed by atoms with Gasteiger partial charge in [0.05, 0.1) is 17.7 Å². The molecule has 2 aromatic carbocycles. The summed E-state index contributed by atoms with van der Waals surface area (Å²) >= 11 is 0. The minimum atomic E-state index is -3.95. The van der Waals surface area contributed by atoms with E-state index in [1.807, 2.05) is 18.2 Å². The van der Waals surface area contributed by atoms with Gasteiger partial charge in [-0.3, -0.25) is 9.36 Å². The van der Waals surface area contributed by atoms with Crippen molar-refractivity contribution in [3.05, 3.63) is 49.1 Å². The van der Waals surface area contributed by atoms with E-state index in [1.165, 1.54) is 19.2 Å². The molecule has 156 valence electrons. The van der Waals surface area contributed by atoms with Gasteiger partial charge in [0, 0.05) is 16.8 Å². The number of benzene rings is 2. The summed E-state index contributed by atoms with van der Waals surface area (Å²) in [5.41, 5.74) is 1.98. The topological polar surface area (TPSA) is 116 Å². The second-order valence-electron chi connectivity index (χ2n) is 7.18. The Morgan fingerprint density at radius 1 is 1.07 bits per heavy atom. The highest BCUT2D eigenvalue weighted by atomic mass is 32.2. The van der Waals surface area contributed by atoms with Crippen molar-refractivity contribution in [3.8, 4) is 5.69 Å². The Bertz CT molecular complexity index is 1330. The molecule has 0 spiro atoms. The van der Waals surface area contributed by atoms with E-state index in [4.69, 9.17) is 9.15 Å². The number of esters is 1. The van der Waals surface area contributed by atoms with Crippen LogP contribution in [0, 0.1) is 5.92 Å². The van der Waals surface area contributed by atoms with Crippen LogP contribution < -0.4 is 4.72 Å². The summed E-state index contributed by atoms with van der Waals surface area (Å²) in [6.07, 6.45) is 3.15. The highest BCUT2D eigenvalue weighted by Gasteiger charge is 2.29.